The van der Waals surface area contributed by atoms with E-state index in [9.17, 15) is 31.2 Å². The molecule has 150 valence electrons. The van der Waals surface area contributed by atoms with Crippen molar-refractivity contribution in [1.82, 2.24) is 14.9 Å². The van der Waals surface area contributed by atoms with Crippen LogP contribution in [0.2, 0.25) is 0 Å². The summed E-state index contributed by atoms with van der Waals surface area (Å²) in [6.07, 6.45) is -1.02. The van der Waals surface area contributed by atoms with Crippen molar-refractivity contribution in [1.29, 1.82) is 0 Å². The van der Waals surface area contributed by atoms with Gasteiger partial charge < -0.3 is 10.2 Å². The topological polar surface area (TPSA) is 95.6 Å². The zero-order valence-corrected chi connectivity index (χ0v) is 15.2. The molecule has 0 aromatic carbocycles. The maximum absolute atomic E-state index is 12.4. The smallest absolute Gasteiger partial charge is 0.355 e. The minimum atomic E-state index is -4.91. The van der Waals surface area contributed by atoms with Gasteiger partial charge in [0.25, 0.3) is 0 Å². The lowest BCUT2D eigenvalue weighted by Crippen LogP contribution is -2.48. The predicted molar refractivity (Wildman–Crippen MR) is 87.5 cm³/mol. The summed E-state index contributed by atoms with van der Waals surface area (Å²) in [4.78, 5) is 23.9. The molecule has 1 saturated heterocycles. The molecule has 0 aromatic rings. The maximum atomic E-state index is 12.4. The summed E-state index contributed by atoms with van der Waals surface area (Å²) in [7, 11) is -3.47. The minimum Gasteiger partial charge on any atom is -0.355 e. The molecule has 2 fully saturated rings. The van der Waals surface area contributed by atoms with E-state index < -0.39 is 28.0 Å². The summed E-state index contributed by atoms with van der Waals surface area (Å²) >= 11 is 0. The molecule has 2 amide bonds. The summed E-state index contributed by atoms with van der Waals surface area (Å²) in [6, 6.07) is -0.0359. The Bertz CT molecular complexity index is 610. The van der Waals surface area contributed by atoms with Crippen molar-refractivity contribution in [2.24, 2.45) is 5.92 Å². The minimum absolute atomic E-state index is 0.0359. The maximum Gasteiger partial charge on any atom is 0.471 e. The second-order valence-corrected chi connectivity index (χ2v) is 8.65. The van der Waals surface area contributed by atoms with Crippen molar-refractivity contribution >= 4 is 21.8 Å². The van der Waals surface area contributed by atoms with Gasteiger partial charge in [-0.25, -0.2) is 13.1 Å². The largest absolute Gasteiger partial charge is 0.471 e. The van der Waals surface area contributed by atoms with Gasteiger partial charge in [-0.1, -0.05) is 12.8 Å². The number of hydrogen-bond donors (Lipinski definition) is 2. The van der Waals surface area contributed by atoms with E-state index in [0.29, 0.717) is 4.90 Å². The summed E-state index contributed by atoms with van der Waals surface area (Å²) in [5.74, 6) is -3.03. The molecule has 0 aromatic heterocycles. The van der Waals surface area contributed by atoms with Gasteiger partial charge in [0.2, 0.25) is 15.9 Å². The zero-order valence-electron chi connectivity index (χ0n) is 14.3. The van der Waals surface area contributed by atoms with Crippen molar-refractivity contribution in [2.45, 2.75) is 50.7 Å². The number of nitrogens with zero attached hydrogens (tertiary/aromatic N) is 1. The normalized spacial score (nSPS) is 20.3. The first-order valence-electron chi connectivity index (χ1n) is 8.72. The van der Waals surface area contributed by atoms with E-state index in [2.05, 4.69) is 10.0 Å². The highest BCUT2D eigenvalue weighted by Crippen LogP contribution is 2.24. The average molecular weight is 399 g/mol. The summed E-state index contributed by atoms with van der Waals surface area (Å²) in [5.41, 5.74) is 0. The summed E-state index contributed by atoms with van der Waals surface area (Å²) in [6.45, 7) is -0.335. The molecule has 11 heteroatoms. The van der Waals surface area contributed by atoms with Crippen molar-refractivity contribution in [2.75, 3.05) is 25.4 Å². The fourth-order valence-electron chi connectivity index (χ4n) is 3.33. The number of rotatable bonds is 6. The molecule has 1 aliphatic heterocycles. The molecule has 26 heavy (non-hydrogen) atoms. The molecule has 0 radical (unpaired) electrons. The van der Waals surface area contributed by atoms with Crippen molar-refractivity contribution in [3.05, 3.63) is 0 Å². The molecule has 7 nitrogen and oxygen atoms in total. The van der Waals surface area contributed by atoms with Gasteiger partial charge in [0.15, 0.2) is 0 Å². The van der Waals surface area contributed by atoms with Gasteiger partial charge in [-0.3, -0.25) is 9.59 Å². The number of piperidine rings is 1. The lowest BCUT2D eigenvalue weighted by atomic mass is 9.96. The molecule has 1 aliphatic carbocycles. The Morgan fingerprint density at radius 1 is 1.04 bits per heavy atom. The number of likely N-dealkylation sites (tertiary alicyclic amines) is 1. The van der Waals surface area contributed by atoms with E-state index in [0.717, 1.165) is 25.7 Å². The lowest BCUT2D eigenvalue weighted by Gasteiger charge is -2.31. The highest BCUT2D eigenvalue weighted by molar-refractivity contribution is 7.89. The van der Waals surface area contributed by atoms with Crippen LogP contribution in [0.15, 0.2) is 0 Å². The van der Waals surface area contributed by atoms with Gasteiger partial charge in [-0.05, 0) is 25.7 Å². The number of nitrogens with one attached hydrogen (secondary N) is 2. The van der Waals surface area contributed by atoms with Crippen molar-refractivity contribution < 1.29 is 31.2 Å². The van der Waals surface area contributed by atoms with Crippen LogP contribution in [0.4, 0.5) is 13.2 Å². The molecule has 1 saturated carbocycles. The average Bonchev–Trinajstić information content (AvgIpc) is 3.05. The molecular formula is C15H24F3N3O4S. The van der Waals surface area contributed by atoms with E-state index in [-0.39, 0.29) is 50.2 Å². The number of carbonyl (C=O) groups is 2. The monoisotopic (exact) mass is 399 g/mol. The number of sulfonamides is 1. The zero-order chi connectivity index (χ0) is 19.4. The molecule has 0 bridgehead atoms. The number of halogens is 3. The van der Waals surface area contributed by atoms with Crippen LogP contribution in [-0.4, -0.2) is 62.7 Å². The van der Waals surface area contributed by atoms with Gasteiger partial charge in [0, 0.05) is 31.6 Å². The molecular weight excluding hydrogens is 375 g/mol. The van der Waals surface area contributed by atoms with Gasteiger partial charge in [-0.15, -0.1) is 0 Å². The molecule has 2 aliphatic rings. The van der Waals surface area contributed by atoms with E-state index in [4.69, 9.17) is 0 Å². The first kappa shape index (κ1) is 20.9. The highest BCUT2D eigenvalue weighted by atomic mass is 32.2. The molecule has 0 spiro atoms. The molecule has 2 rings (SSSR count). The third-order valence-corrected chi connectivity index (χ3v) is 6.20. The van der Waals surface area contributed by atoms with Crippen LogP contribution in [0.1, 0.15) is 38.5 Å². The second-order valence-electron chi connectivity index (χ2n) is 6.77. The number of hydrogen-bond acceptors (Lipinski definition) is 4. The van der Waals surface area contributed by atoms with Crippen LogP contribution in [0.3, 0.4) is 0 Å². The van der Waals surface area contributed by atoms with Gasteiger partial charge >= 0.3 is 12.1 Å². The standard InChI is InChI=1S/C15H24F3N3O4S/c16-15(17,18)14(23)21-8-5-11(6-9-21)13(22)19-7-10-26(24,25)20-12-3-1-2-4-12/h11-12,20H,1-10H2,(H,19,22). The van der Waals surface area contributed by atoms with Crippen LogP contribution in [-0.2, 0) is 19.6 Å². The second kappa shape index (κ2) is 8.55. The fourth-order valence-corrected chi connectivity index (χ4v) is 4.57. The summed E-state index contributed by atoms with van der Waals surface area (Å²) < 4.78 is 63.6. The number of alkyl halides is 3. The molecule has 0 unspecified atom stereocenters. The lowest BCUT2D eigenvalue weighted by molar-refractivity contribution is -0.186. The van der Waals surface area contributed by atoms with E-state index >= 15 is 0 Å². The van der Waals surface area contributed by atoms with E-state index in [1.54, 1.807) is 0 Å². The first-order chi connectivity index (χ1) is 12.1. The van der Waals surface area contributed by atoms with Gasteiger partial charge in [-0.2, -0.15) is 13.2 Å². The highest BCUT2D eigenvalue weighted by Gasteiger charge is 2.43. The Balaban J connectivity index is 1.70. The van der Waals surface area contributed by atoms with Crippen LogP contribution >= 0.6 is 0 Å². The van der Waals surface area contributed by atoms with Gasteiger partial charge in [0.05, 0.1) is 5.75 Å². The number of carbonyl (C=O) groups excluding carboxylic acids is 2. The SMILES string of the molecule is O=C(NCCS(=O)(=O)NC1CCCC1)C1CCN(C(=O)C(F)(F)F)CC1. The molecule has 0 atom stereocenters. The van der Waals surface area contributed by atoms with Crippen LogP contribution < -0.4 is 10.0 Å². The summed E-state index contributed by atoms with van der Waals surface area (Å²) in [5, 5.41) is 2.52. The van der Waals surface area contributed by atoms with Crippen molar-refractivity contribution in [3.8, 4) is 0 Å². The van der Waals surface area contributed by atoms with E-state index in [1.165, 1.54) is 0 Å². The third-order valence-electron chi connectivity index (χ3n) is 4.77. The van der Waals surface area contributed by atoms with Crippen LogP contribution in [0, 0.1) is 5.92 Å². The van der Waals surface area contributed by atoms with Crippen molar-refractivity contribution in [3.63, 3.8) is 0 Å². The Labute approximate surface area is 150 Å². The molecule has 2 N–H and O–H groups in total. The fraction of sp³-hybridized carbons (Fsp3) is 0.867. The number of amides is 2. The Morgan fingerprint density at radius 3 is 2.15 bits per heavy atom. The molecule has 1 heterocycles. The Kier molecular flexibility index (Phi) is 6.89. The quantitative estimate of drug-likeness (QED) is 0.690. The third kappa shape index (κ3) is 6.11. The van der Waals surface area contributed by atoms with Crippen LogP contribution in [0.5, 0.6) is 0 Å². The van der Waals surface area contributed by atoms with E-state index in [1.807, 2.05) is 0 Å². The Hall–Kier alpha value is -1.36. The van der Waals surface area contributed by atoms with Crippen LogP contribution in [0.25, 0.3) is 0 Å². The Morgan fingerprint density at radius 2 is 1.62 bits per heavy atom. The predicted octanol–water partition coefficient (Wildman–Crippen LogP) is 0.766. The first-order valence-corrected chi connectivity index (χ1v) is 10.4. The van der Waals surface area contributed by atoms with Gasteiger partial charge in [0.1, 0.15) is 0 Å².